The van der Waals surface area contributed by atoms with Crippen molar-refractivity contribution in [1.82, 2.24) is 4.98 Å². The van der Waals surface area contributed by atoms with Crippen LogP contribution in [-0.4, -0.2) is 17.2 Å². The molecule has 1 aromatic heterocycles. The maximum absolute atomic E-state index is 8.81. The van der Waals surface area contributed by atoms with Crippen LogP contribution in [0, 0.1) is 6.92 Å². The summed E-state index contributed by atoms with van der Waals surface area (Å²) in [4.78, 5) is 4.49. The Labute approximate surface area is 108 Å². The molecule has 0 atom stereocenters. The summed E-state index contributed by atoms with van der Waals surface area (Å²) in [5.74, 6) is 0.700. The average Bonchev–Trinajstić information content (AvgIpc) is 2.31. The molecule has 0 radical (unpaired) electrons. The first kappa shape index (κ1) is 11.9. The lowest BCUT2D eigenvalue weighted by molar-refractivity contribution is 0.418. The van der Waals surface area contributed by atoms with E-state index in [1.54, 1.807) is 13.2 Å². The van der Waals surface area contributed by atoms with E-state index in [1.165, 1.54) is 0 Å². The fraction of sp³-hybridized carbons (Fsp3) is 0.154. The lowest BCUT2D eigenvalue weighted by Crippen LogP contribution is -1.92. The summed E-state index contributed by atoms with van der Waals surface area (Å²) >= 11 is 3.46. The Morgan fingerprint density at radius 2 is 2.12 bits per heavy atom. The molecule has 17 heavy (non-hydrogen) atoms. The number of aliphatic hydroxyl groups is 1. The molecular weight excluding hydrogens is 282 g/mol. The SMILES string of the molecule is COc1cc(C=CO)cc2cc(Br)c(C)nc12. The van der Waals surface area contributed by atoms with Gasteiger partial charge in [-0.1, -0.05) is 0 Å². The Kier molecular flexibility index (Phi) is 3.33. The number of aliphatic hydroxyl groups excluding tert-OH is 1. The van der Waals surface area contributed by atoms with Crippen LogP contribution in [0.5, 0.6) is 5.75 Å². The highest BCUT2D eigenvalue weighted by atomic mass is 79.9. The van der Waals surface area contributed by atoms with Gasteiger partial charge in [0, 0.05) is 9.86 Å². The molecule has 0 spiro atoms. The average molecular weight is 294 g/mol. The standard InChI is InChI=1S/C13H12BrNO2/c1-8-11(14)7-10-5-9(3-4-16)6-12(17-2)13(10)15-8/h3-7,16H,1-2H3. The van der Waals surface area contributed by atoms with Crippen LogP contribution in [0.4, 0.5) is 0 Å². The van der Waals surface area contributed by atoms with E-state index in [0.717, 1.165) is 32.9 Å². The zero-order valence-electron chi connectivity index (χ0n) is 9.57. The molecule has 2 aromatic rings. The van der Waals surface area contributed by atoms with Gasteiger partial charge in [-0.15, -0.1) is 0 Å². The fourth-order valence-corrected chi connectivity index (χ4v) is 2.02. The predicted molar refractivity (Wildman–Crippen MR) is 72.4 cm³/mol. The van der Waals surface area contributed by atoms with Gasteiger partial charge in [0.1, 0.15) is 11.3 Å². The lowest BCUT2D eigenvalue weighted by atomic mass is 10.1. The van der Waals surface area contributed by atoms with Crippen LogP contribution in [0.15, 0.2) is 28.9 Å². The van der Waals surface area contributed by atoms with Crippen LogP contribution < -0.4 is 4.74 Å². The zero-order valence-corrected chi connectivity index (χ0v) is 11.2. The molecule has 0 aliphatic heterocycles. The summed E-state index contributed by atoms with van der Waals surface area (Å²) in [6.07, 6.45) is 2.62. The molecule has 1 aromatic carbocycles. The maximum atomic E-state index is 8.81. The molecule has 1 N–H and O–H groups in total. The Balaban J connectivity index is 2.77. The van der Waals surface area contributed by atoms with Crippen molar-refractivity contribution in [2.24, 2.45) is 0 Å². The number of fused-ring (bicyclic) bond motifs is 1. The summed E-state index contributed by atoms with van der Waals surface area (Å²) in [6, 6.07) is 5.78. The van der Waals surface area contributed by atoms with Crippen molar-refractivity contribution in [2.45, 2.75) is 6.92 Å². The molecule has 4 heteroatoms. The Hall–Kier alpha value is -1.55. The molecule has 0 bridgehead atoms. The minimum absolute atomic E-state index is 0.700. The van der Waals surface area contributed by atoms with Crippen molar-refractivity contribution in [1.29, 1.82) is 0 Å². The van der Waals surface area contributed by atoms with E-state index >= 15 is 0 Å². The van der Waals surface area contributed by atoms with Crippen LogP contribution >= 0.6 is 15.9 Å². The molecule has 1 heterocycles. The number of rotatable bonds is 2. The van der Waals surface area contributed by atoms with Crippen molar-refractivity contribution in [2.75, 3.05) is 7.11 Å². The molecule has 88 valence electrons. The summed E-state index contributed by atoms with van der Waals surface area (Å²) in [5, 5.41) is 9.78. The molecule has 2 rings (SSSR count). The number of hydrogen-bond acceptors (Lipinski definition) is 3. The number of pyridine rings is 1. The van der Waals surface area contributed by atoms with Crippen molar-refractivity contribution < 1.29 is 9.84 Å². The van der Waals surface area contributed by atoms with Crippen molar-refractivity contribution in [3.63, 3.8) is 0 Å². The second-order valence-electron chi connectivity index (χ2n) is 3.67. The van der Waals surface area contributed by atoms with Gasteiger partial charge in [0.2, 0.25) is 0 Å². The minimum Gasteiger partial charge on any atom is -0.516 e. The Morgan fingerprint density at radius 1 is 1.35 bits per heavy atom. The number of methoxy groups -OCH3 is 1. The lowest BCUT2D eigenvalue weighted by Gasteiger charge is -2.08. The van der Waals surface area contributed by atoms with E-state index < -0.39 is 0 Å². The predicted octanol–water partition coefficient (Wildman–Crippen LogP) is 3.84. The van der Waals surface area contributed by atoms with E-state index in [-0.39, 0.29) is 0 Å². The first-order valence-electron chi connectivity index (χ1n) is 5.11. The number of nitrogens with zero attached hydrogens (tertiary/aromatic N) is 1. The third-order valence-electron chi connectivity index (χ3n) is 2.52. The highest BCUT2D eigenvalue weighted by molar-refractivity contribution is 9.10. The fourth-order valence-electron chi connectivity index (χ4n) is 1.68. The van der Waals surface area contributed by atoms with Gasteiger partial charge in [0.05, 0.1) is 19.1 Å². The molecule has 0 amide bonds. The van der Waals surface area contributed by atoms with Crippen LogP contribution in [0.1, 0.15) is 11.3 Å². The second-order valence-corrected chi connectivity index (χ2v) is 4.52. The molecule has 3 nitrogen and oxygen atoms in total. The summed E-state index contributed by atoms with van der Waals surface area (Å²) in [6.45, 7) is 1.94. The van der Waals surface area contributed by atoms with Crippen LogP contribution in [-0.2, 0) is 0 Å². The van der Waals surface area contributed by atoms with Crippen LogP contribution in [0.3, 0.4) is 0 Å². The molecule has 0 saturated carbocycles. The maximum Gasteiger partial charge on any atom is 0.145 e. The number of hydrogen-bond donors (Lipinski definition) is 1. The van der Waals surface area contributed by atoms with E-state index in [1.807, 2.05) is 25.1 Å². The van der Waals surface area contributed by atoms with Gasteiger partial charge in [0.15, 0.2) is 0 Å². The highest BCUT2D eigenvalue weighted by Gasteiger charge is 2.07. The van der Waals surface area contributed by atoms with Crippen LogP contribution in [0.2, 0.25) is 0 Å². The smallest absolute Gasteiger partial charge is 0.145 e. The number of aryl methyl sites for hydroxylation is 1. The molecule has 0 saturated heterocycles. The van der Waals surface area contributed by atoms with Crippen molar-refractivity contribution in [3.8, 4) is 5.75 Å². The van der Waals surface area contributed by atoms with E-state index in [2.05, 4.69) is 20.9 Å². The third kappa shape index (κ3) is 2.26. The first-order valence-corrected chi connectivity index (χ1v) is 5.90. The quantitative estimate of drug-likeness (QED) is 0.856. The Morgan fingerprint density at radius 3 is 2.76 bits per heavy atom. The van der Waals surface area contributed by atoms with E-state index in [0.29, 0.717) is 5.75 Å². The number of halogens is 1. The van der Waals surface area contributed by atoms with Crippen LogP contribution in [0.25, 0.3) is 17.0 Å². The number of benzene rings is 1. The summed E-state index contributed by atoms with van der Waals surface area (Å²) in [7, 11) is 1.61. The van der Waals surface area contributed by atoms with Gasteiger partial charge >= 0.3 is 0 Å². The largest absolute Gasteiger partial charge is 0.516 e. The number of aromatic nitrogens is 1. The molecule has 0 unspecified atom stereocenters. The summed E-state index contributed by atoms with van der Waals surface area (Å²) < 4.78 is 6.27. The second kappa shape index (κ2) is 4.75. The van der Waals surface area contributed by atoms with Gasteiger partial charge in [-0.05, 0) is 52.7 Å². The van der Waals surface area contributed by atoms with Gasteiger partial charge in [-0.3, -0.25) is 0 Å². The topological polar surface area (TPSA) is 42.4 Å². The zero-order chi connectivity index (χ0) is 12.4. The number of ether oxygens (including phenoxy) is 1. The summed E-state index contributed by atoms with van der Waals surface area (Å²) in [5.41, 5.74) is 2.61. The minimum atomic E-state index is 0.700. The van der Waals surface area contributed by atoms with E-state index in [9.17, 15) is 0 Å². The molecular formula is C13H12BrNO2. The van der Waals surface area contributed by atoms with Gasteiger partial charge in [-0.2, -0.15) is 0 Å². The highest BCUT2D eigenvalue weighted by Crippen LogP contribution is 2.29. The van der Waals surface area contributed by atoms with Crippen molar-refractivity contribution >= 4 is 32.9 Å². The molecule has 0 aliphatic carbocycles. The van der Waals surface area contributed by atoms with Gasteiger partial charge < -0.3 is 9.84 Å². The van der Waals surface area contributed by atoms with Gasteiger partial charge in [0.25, 0.3) is 0 Å². The normalized spacial score (nSPS) is 11.2. The molecule has 0 aliphatic rings. The molecule has 0 fully saturated rings. The van der Waals surface area contributed by atoms with Crippen molar-refractivity contribution in [3.05, 3.63) is 40.2 Å². The monoisotopic (exact) mass is 293 g/mol. The first-order chi connectivity index (χ1) is 8.15. The third-order valence-corrected chi connectivity index (χ3v) is 3.32. The van der Waals surface area contributed by atoms with E-state index in [4.69, 9.17) is 9.84 Å². The Bertz CT molecular complexity index is 593. The van der Waals surface area contributed by atoms with Gasteiger partial charge in [-0.25, -0.2) is 4.98 Å².